The van der Waals surface area contributed by atoms with E-state index in [-0.39, 0.29) is 18.3 Å². The summed E-state index contributed by atoms with van der Waals surface area (Å²) in [5, 5.41) is 16.0. The van der Waals surface area contributed by atoms with Gasteiger partial charge in [0.15, 0.2) is 23.3 Å². The largest absolute Gasteiger partial charge is 0.321 e. The first kappa shape index (κ1) is 17.4. The Morgan fingerprint density at radius 1 is 1.33 bits per heavy atom. The van der Waals surface area contributed by atoms with Gasteiger partial charge in [0, 0.05) is 6.07 Å². The number of rotatable bonds is 5. The summed E-state index contributed by atoms with van der Waals surface area (Å²) >= 11 is 0. The fourth-order valence-electron chi connectivity index (χ4n) is 1.84. The number of carbonyl (C=O) groups excluding carboxylic acids is 1. The van der Waals surface area contributed by atoms with Crippen LogP contribution in [0.15, 0.2) is 18.5 Å². The number of carbonyl (C=O) groups is 1. The first-order valence-electron chi connectivity index (χ1n) is 6.51. The average molecular weight is 346 g/mol. The van der Waals surface area contributed by atoms with Gasteiger partial charge in [-0.25, -0.2) is 17.6 Å². The molecule has 2 rings (SSSR count). The molecule has 1 atom stereocenters. The second-order valence-corrected chi connectivity index (χ2v) is 4.91. The van der Waals surface area contributed by atoms with E-state index in [1.807, 2.05) is 0 Å². The van der Waals surface area contributed by atoms with E-state index in [2.05, 4.69) is 5.10 Å². The summed E-state index contributed by atoms with van der Waals surface area (Å²) in [6.45, 7) is 1.19. The molecule has 0 spiro atoms. The van der Waals surface area contributed by atoms with Gasteiger partial charge in [0.2, 0.25) is 5.91 Å². The van der Waals surface area contributed by atoms with Crippen LogP contribution in [0.2, 0.25) is 0 Å². The smallest absolute Gasteiger partial charge is 0.306 e. The third-order valence-electron chi connectivity index (χ3n) is 3.10. The standard InChI is InChI=1S/C13H10F4N4O3/c1-6(4-20-5-7(3-18-20)21(23)24)13(22)19-12-10(16)8(14)2-9(15)11(12)17/h2-3,5-6H,4H2,1H3,(H,19,22). The van der Waals surface area contributed by atoms with Crippen molar-refractivity contribution in [2.24, 2.45) is 5.92 Å². The molecule has 24 heavy (non-hydrogen) atoms. The summed E-state index contributed by atoms with van der Waals surface area (Å²) in [6.07, 6.45) is 2.03. The Morgan fingerprint density at radius 2 is 1.92 bits per heavy atom. The van der Waals surface area contributed by atoms with Crippen molar-refractivity contribution in [3.63, 3.8) is 0 Å². The van der Waals surface area contributed by atoms with Gasteiger partial charge in [-0.1, -0.05) is 6.92 Å². The van der Waals surface area contributed by atoms with Gasteiger partial charge in [0.25, 0.3) is 0 Å². The second-order valence-electron chi connectivity index (χ2n) is 4.91. The first-order valence-corrected chi connectivity index (χ1v) is 6.51. The molecule has 0 aliphatic heterocycles. The molecule has 1 heterocycles. The summed E-state index contributed by atoms with van der Waals surface area (Å²) in [5.74, 6) is -8.67. The molecule has 0 aliphatic carbocycles. The summed E-state index contributed by atoms with van der Waals surface area (Å²) < 4.78 is 54.2. The molecule has 0 saturated heterocycles. The van der Waals surface area contributed by atoms with Gasteiger partial charge >= 0.3 is 5.69 Å². The molecule has 1 aromatic carbocycles. The highest BCUT2D eigenvalue weighted by molar-refractivity contribution is 5.92. The molecular formula is C13H10F4N4O3. The number of hydrogen-bond donors (Lipinski definition) is 1. The highest BCUT2D eigenvalue weighted by Gasteiger charge is 2.23. The lowest BCUT2D eigenvalue weighted by atomic mass is 10.1. The zero-order valence-electron chi connectivity index (χ0n) is 12.1. The van der Waals surface area contributed by atoms with Crippen LogP contribution in [0.3, 0.4) is 0 Å². The zero-order valence-corrected chi connectivity index (χ0v) is 12.1. The molecule has 2 aromatic rings. The van der Waals surface area contributed by atoms with E-state index in [0.717, 1.165) is 17.1 Å². The van der Waals surface area contributed by atoms with Crippen molar-refractivity contribution in [2.45, 2.75) is 13.5 Å². The minimum Gasteiger partial charge on any atom is -0.321 e. The van der Waals surface area contributed by atoms with Crippen LogP contribution >= 0.6 is 0 Å². The number of anilines is 1. The number of hydrogen-bond acceptors (Lipinski definition) is 4. The van der Waals surface area contributed by atoms with Crippen LogP contribution in [-0.4, -0.2) is 20.6 Å². The van der Waals surface area contributed by atoms with E-state index in [4.69, 9.17) is 0 Å². The maximum atomic E-state index is 13.5. The van der Waals surface area contributed by atoms with Crippen LogP contribution in [0.4, 0.5) is 28.9 Å². The first-order chi connectivity index (χ1) is 11.2. The Labute approximate surface area is 132 Å². The molecular weight excluding hydrogens is 336 g/mol. The summed E-state index contributed by atoms with van der Waals surface area (Å²) in [4.78, 5) is 21.8. The van der Waals surface area contributed by atoms with Crippen molar-refractivity contribution in [3.8, 4) is 0 Å². The van der Waals surface area contributed by atoms with Crippen molar-refractivity contribution < 1.29 is 27.3 Å². The number of nitrogens with zero attached hydrogens (tertiary/aromatic N) is 3. The molecule has 11 heteroatoms. The highest BCUT2D eigenvalue weighted by atomic mass is 19.2. The topological polar surface area (TPSA) is 90.1 Å². The van der Waals surface area contributed by atoms with Crippen LogP contribution in [0.1, 0.15) is 6.92 Å². The zero-order chi connectivity index (χ0) is 18.0. The maximum Gasteiger partial charge on any atom is 0.306 e. The lowest BCUT2D eigenvalue weighted by Gasteiger charge is -2.13. The van der Waals surface area contributed by atoms with Gasteiger partial charge in [-0.05, 0) is 0 Å². The number of amides is 1. The van der Waals surface area contributed by atoms with Gasteiger partial charge in [0.1, 0.15) is 18.1 Å². The van der Waals surface area contributed by atoms with E-state index >= 15 is 0 Å². The molecule has 0 bridgehead atoms. The van der Waals surface area contributed by atoms with Crippen molar-refractivity contribution >= 4 is 17.3 Å². The Balaban J connectivity index is 2.13. The van der Waals surface area contributed by atoms with Gasteiger partial charge < -0.3 is 5.32 Å². The third-order valence-corrected chi connectivity index (χ3v) is 3.10. The molecule has 128 valence electrons. The van der Waals surface area contributed by atoms with Crippen LogP contribution < -0.4 is 5.32 Å². The van der Waals surface area contributed by atoms with E-state index in [1.54, 1.807) is 5.32 Å². The van der Waals surface area contributed by atoms with E-state index < -0.39 is 45.7 Å². The number of aromatic nitrogens is 2. The molecule has 1 unspecified atom stereocenters. The van der Waals surface area contributed by atoms with Gasteiger partial charge in [-0.15, -0.1) is 0 Å². The number of nitro groups is 1. The number of nitrogens with one attached hydrogen (secondary N) is 1. The van der Waals surface area contributed by atoms with Crippen molar-refractivity contribution in [2.75, 3.05) is 5.32 Å². The molecule has 0 saturated carbocycles. The van der Waals surface area contributed by atoms with Crippen LogP contribution in [0, 0.1) is 39.3 Å². The normalized spacial score (nSPS) is 12.0. The van der Waals surface area contributed by atoms with Crippen molar-refractivity contribution in [1.29, 1.82) is 0 Å². The number of halogens is 4. The second kappa shape index (κ2) is 6.64. The predicted molar refractivity (Wildman–Crippen MR) is 72.9 cm³/mol. The van der Waals surface area contributed by atoms with E-state index in [1.165, 1.54) is 6.92 Å². The summed E-state index contributed by atoms with van der Waals surface area (Å²) in [6, 6.07) is 0.0205. The van der Waals surface area contributed by atoms with Gasteiger partial charge in [-0.3, -0.25) is 19.6 Å². The molecule has 1 aromatic heterocycles. The lowest BCUT2D eigenvalue weighted by Crippen LogP contribution is -2.26. The Morgan fingerprint density at radius 3 is 2.42 bits per heavy atom. The van der Waals surface area contributed by atoms with Crippen LogP contribution in [-0.2, 0) is 11.3 Å². The predicted octanol–water partition coefficient (Wildman–Crippen LogP) is 2.62. The summed E-state index contributed by atoms with van der Waals surface area (Å²) in [7, 11) is 0. The molecule has 7 nitrogen and oxygen atoms in total. The molecule has 1 N–H and O–H groups in total. The molecule has 1 amide bonds. The number of benzene rings is 1. The Kier molecular flexibility index (Phi) is 4.81. The minimum atomic E-state index is -1.73. The average Bonchev–Trinajstić information content (AvgIpc) is 2.98. The fourth-order valence-corrected chi connectivity index (χ4v) is 1.84. The van der Waals surface area contributed by atoms with E-state index in [0.29, 0.717) is 0 Å². The van der Waals surface area contributed by atoms with Crippen molar-refractivity contribution in [1.82, 2.24) is 9.78 Å². The fraction of sp³-hybridized carbons (Fsp3) is 0.231. The van der Waals surface area contributed by atoms with E-state index in [9.17, 15) is 32.5 Å². The quantitative estimate of drug-likeness (QED) is 0.390. The Bertz CT molecular complexity index is 783. The SMILES string of the molecule is CC(Cn1cc([N+](=O)[O-])cn1)C(=O)Nc1c(F)c(F)cc(F)c1F. The lowest BCUT2D eigenvalue weighted by molar-refractivity contribution is -0.385. The maximum absolute atomic E-state index is 13.5. The third kappa shape index (κ3) is 3.50. The Hall–Kier alpha value is -2.98. The monoisotopic (exact) mass is 346 g/mol. The molecule has 0 fully saturated rings. The van der Waals surface area contributed by atoms with Gasteiger partial charge in [-0.2, -0.15) is 5.10 Å². The van der Waals surface area contributed by atoms with Gasteiger partial charge in [0.05, 0.1) is 17.4 Å². The van der Waals surface area contributed by atoms with Crippen molar-refractivity contribution in [3.05, 3.63) is 51.8 Å². The molecule has 0 radical (unpaired) electrons. The molecule has 0 aliphatic rings. The summed E-state index contributed by atoms with van der Waals surface area (Å²) in [5.41, 5.74) is -1.54. The van der Waals surface area contributed by atoms with Crippen LogP contribution in [0.25, 0.3) is 0 Å². The van der Waals surface area contributed by atoms with Crippen LogP contribution in [0.5, 0.6) is 0 Å². The highest BCUT2D eigenvalue weighted by Crippen LogP contribution is 2.24. The minimum absolute atomic E-state index is 0.0205.